The van der Waals surface area contributed by atoms with Crippen LogP contribution in [0.2, 0.25) is 5.02 Å². The molecule has 0 heterocycles. The van der Waals surface area contributed by atoms with Gasteiger partial charge in [0.25, 0.3) is 0 Å². The van der Waals surface area contributed by atoms with Crippen LogP contribution in [0.25, 0.3) is 0 Å². The molecule has 1 atom stereocenters. The molecular formula is C30H36ClN3O4S. The van der Waals surface area contributed by atoms with Crippen molar-refractivity contribution in [2.24, 2.45) is 0 Å². The number of amides is 2. The minimum atomic E-state index is -3.80. The van der Waals surface area contributed by atoms with Gasteiger partial charge in [-0.05, 0) is 48.2 Å². The average Bonchev–Trinajstić information content (AvgIpc) is 2.91. The fraction of sp³-hybridized carbons (Fsp3) is 0.333. The van der Waals surface area contributed by atoms with Crippen molar-refractivity contribution < 1.29 is 18.0 Å². The van der Waals surface area contributed by atoms with Crippen LogP contribution in [0.3, 0.4) is 0 Å². The van der Waals surface area contributed by atoms with E-state index >= 15 is 0 Å². The van der Waals surface area contributed by atoms with Gasteiger partial charge < -0.3 is 10.2 Å². The van der Waals surface area contributed by atoms with Gasteiger partial charge in [0.05, 0.1) is 11.9 Å². The van der Waals surface area contributed by atoms with Gasteiger partial charge in [0.2, 0.25) is 21.8 Å². The van der Waals surface area contributed by atoms with Gasteiger partial charge in [-0.3, -0.25) is 13.9 Å². The number of nitrogens with one attached hydrogen (secondary N) is 1. The second-order valence-electron chi connectivity index (χ2n) is 9.55. The quantitative estimate of drug-likeness (QED) is 0.294. The first-order valence-electron chi connectivity index (χ1n) is 13.0. The van der Waals surface area contributed by atoms with Crippen molar-refractivity contribution in [3.05, 3.63) is 101 Å². The van der Waals surface area contributed by atoms with Crippen molar-refractivity contribution >= 4 is 39.1 Å². The first-order valence-corrected chi connectivity index (χ1v) is 15.2. The standard InChI is InChI=1S/C30H36ClN3O4S/c1-4-5-19-32-30(36)28(20-24-12-7-6-8-13-24)33(21-25-15-17-26(31)18-16-25)29(35)22-34(39(3,37)38)27-14-10-9-11-23(27)2/h6-18,28H,4-5,19-22H2,1-3H3,(H,32,36). The Balaban J connectivity index is 2.03. The van der Waals surface area contributed by atoms with E-state index < -0.39 is 28.5 Å². The van der Waals surface area contributed by atoms with Crippen molar-refractivity contribution in [3.63, 3.8) is 0 Å². The van der Waals surface area contributed by atoms with E-state index in [0.29, 0.717) is 17.3 Å². The molecule has 9 heteroatoms. The fourth-order valence-corrected chi connectivity index (χ4v) is 5.32. The molecule has 0 spiro atoms. The molecule has 0 saturated heterocycles. The van der Waals surface area contributed by atoms with Crippen LogP contribution < -0.4 is 9.62 Å². The van der Waals surface area contributed by atoms with E-state index in [9.17, 15) is 18.0 Å². The summed E-state index contributed by atoms with van der Waals surface area (Å²) < 4.78 is 26.8. The van der Waals surface area contributed by atoms with E-state index in [-0.39, 0.29) is 18.9 Å². The molecule has 0 aliphatic carbocycles. The normalized spacial score (nSPS) is 12.0. The van der Waals surface area contributed by atoms with Crippen molar-refractivity contribution in [2.45, 2.75) is 45.7 Å². The van der Waals surface area contributed by atoms with Crippen molar-refractivity contribution in [1.82, 2.24) is 10.2 Å². The second kappa shape index (κ2) is 14.1. The zero-order chi connectivity index (χ0) is 28.4. The molecule has 0 aromatic heterocycles. The number of halogens is 1. The fourth-order valence-electron chi connectivity index (χ4n) is 4.28. The van der Waals surface area contributed by atoms with E-state index in [4.69, 9.17) is 11.6 Å². The van der Waals surface area contributed by atoms with E-state index in [2.05, 4.69) is 5.32 Å². The van der Waals surface area contributed by atoms with Crippen molar-refractivity contribution in [3.8, 4) is 0 Å². The van der Waals surface area contributed by atoms with Gasteiger partial charge in [0.1, 0.15) is 12.6 Å². The molecule has 0 aliphatic rings. The summed E-state index contributed by atoms with van der Waals surface area (Å²) in [4.78, 5) is 29.1. The van der Waals surface area contributed by atoms with Crippen molar-refractivity contribution in [2.75, 3.05) is 23.7 Å². The summed E-state index contributed by atoms with van der Waals surface area (Å²) in [6.45, 7) is 3.99. The largest absolute Gasteiger partial charge is 0.354 e. The number of benzene rings is 3. The minimum Gasteiger partial charge on any atom is -0.354 e. The van der Waals surface area contributed by atoms with Crippen LogP contribution in [0.15, 0.2) is 78.9 Å². The Hall–Kier alpha value is -3.36. The predicted molar refractivity (Wildman–Crippen MR) is 157 cm³/mol. The lowest BCUT2D eigenvalue weighted by atomic mass is 10.0. The molecule has 0 radical (unpaired) electrons. The highest BCUT2D eigenvalue weighted by atomic mass is 35.5. The molecule has 2 amide bonds. The lowest BCUT2D eigenvalue weighted by Crippen LogP contribution is -2.53. The first kappa shape index (κ1) is 30.2. The van der Waals surface area contributed by atoms with Crippen LogP contribution in [-0.4, -0.2) is 50.5 Å². The molecule has 0 aliphatic heterocycles. The van der Waals surface area contributed by atoms with Crippen LogP contribution >= 0.6 is 11.6 Å². The van der Waals surface area contributed by atoms with Gasteiger partial charge in [0.15, 0.2) is 0 Å². The SMILES string of the molecule is CCCCNC(=O)C(Cc1ccccc1)N(Cc1ccc(Cl)cc1)C(=O)CN(c1ccccc1C)S(C)(=O)=O. The van der Waals surface area contributed by atoms with Crippen LogP contribution in [0.4, 0.5) is 5.69 Å². The molecule has 7 nitrogen and oxygen atoms in total. The molecule has 1 unspecified atom stereocenters. The second-order valence-corrected chi connectivity index (χ2v) is 11.9. The number of sulfonamides is 1. The number of rotatable bonds is 13. The van der Waals surface area contributed by atoms with Gasteiger partial charge in [-0.25, -0.2) is 8.42 Å². The number of nitrogens with zero attached hydrogens (tertiary/aromatic N) is 2. The summed E-state index contributed by atoms with van der Waals surface area (Å²) in [5, 5.41) is 3.53. The summed E-state index contributed by atoms with van der Waals surface area (Å²) in [6, 6.07) is 22.7. The molecule has 39 heavy (non-hydrogen) atoms. The molecule has 3 rings (SSSR count). The smallest absolute Gasteiger partial charge is 0.244 e. The first-order chi connectivity index (χ1) is 18.6. The number of anilines is 1. The van der Waals surface area contributed by atoms with E-state index in [0.717, 1.165) is 40.1 Å². The van der Waals surface area contributed by atoms with E-state index in [1.165, 1.54) is 4.90 Å². The Bertz CT molecular complexity index is 1350. The van der Waals surface area contributed by atoms with Crippen LogP contribution in [-0.2, 0) is 32.6 Å². The third kappa shape index (κ3) is 8.83. The van der Waals surface area contributed by atoms with Gasteiger partial charge in [-0.15, -0.1) is 0 Å². The number of hydrogen-bond acceptors (Lipinski definition) is 4. The zero-order valence-electron chi connectivity index (χ0n) is 22.6. The molecule has 208 valence electrons. The number of aryl methyl sites for hydroxylation is 1. The highest BCUT2D eigenvalue weighted by molar-refractivity contribution is 7.92. The maximum Gasteiger partial charge on any atom is 0.244 e. The maximum atomic E-state index is 14.0. The topological polar surface area (TPSA) is 86.8 Å². The van der Waals surface area contributed by atoms with Crippen molar-refractivity contribution in [1.29, 1.82) is 0 Å². The number of carbonyl (C=O) groups excluding carboxylic acids is 2. The van der Waals surface area contributed by atoms with Gasteiger partial charge in [0, 0.05) is 24.5 Å². The Morgan fingerprint density at radius 1 is 0.923 bits per heavy atom. The Kier molecular flexibility index (Phi) is 10.9. The Labute approximate surface area is 236 Å². The van der Waals surface area contributed by atoms with Gasteiger partial charge in [-0.2, -0.15) is 0 Å². The monoisotopic (exact) mass is 569 g/mol. The Morgan fingerprint density at radius 2 is 1.56 bits per heavy atom. The van der Waals surface area contributed by atoms with E-state index in [1.807, 2.05) is 43.3 Å². The summed E-state index contributed by atoms with van der Waals surface area (Å²) >= 11 is 6.09. The molecule has 0 fully saturated rings. The molecular weight excluding hydrogens is 534 g/mol. The van der Waals surface area contributed by atoms with E-state index in [1.54, 1.807) is 49.4 Å². The van der Waals surface area contributed by atoms with Gasteiger partial charge >= 0.3 is 0 Å². The lowest BCUT2D eigenvalue weighted by Gasteiger charge is -2.33. The predicted octanol–water partition coefficient (Wildman–Crippen LogP) is 4.97. The zero-order valence-corrected chi connectivity index (χ0v) is 24.2. The highest BCUT2D eigenvalue weighted by Gasteiger charge is 2.33. The average molecular weight is 570 g/mol. The molecule has 3 aromatic carbocycles. The molecule has 0 saturated carbocycles. The summed E-state index contributed by atoms with van der Waals surface area (Å²) in [5.74, 6) is -0.762. The maximum absolute atomic E-state index is 14.0. The minimum absolute atomic E-state index is 0.111. The van der Waals surface area contributed by atoms with Crippen LogP contribution in [0.5, 0.6) is 0 Å². The third-order valence-electron chi connectivity index (χ3n) is 6.43. The molecule has 1 N–H and O–H groups in total. The third-order valence-corrected chi connectivity index (χ3v) is 7.81. The van der Waals surface area contributed by atoms with Crippen LogP contribution in [0.1, 0.15) is 36.5 Å². The lowest BCUT2D eigenvalue weighted by molar-refractivity contribution is -0.140. The number of hydrogen-bond donors (Lipinski definition) is 1. The number of carbonyl (C=O) groups is 2. The summed E-state index contributed by atoms with van der Waals surface area (Å²) in [6.07, 6.45) is 3.08. The van der Waals surface area contributed by atoms with Gasteiger partial charge in [-0.1, -0.05) is 85.6 Å². The molecule has 0 bridgehead atoms. The molecule has 3 aromatic rings. The Morgan fingerprint density at radius 3 is 2.18 bits per heavy atom. The number of unbranched alkanes of at least 4 members (excludes halogenated alkanes) is 1. The number of para-hydroxylation sites is 1. The highest BCUT2D eigenvalue weighted by Crippen LogP contribution is 2.23. The summed E-state index contributed by atoms with van der Waals surface area (Å²) in [7, 11) is -3.80. The summed E-state index contributed by atoms with van der Waals surface area (Å²) in [5.41, 5.74) is 2.81. The van der Waals surface area contributed by atoms with Crippen LogP contribution in [0, 0.1) is 6.92 Å².